The van der Waals surface area contributed by atoms with E-state index in [1.54, 1.807) is 10.4 Å². The Morgan fingerprint density at radius 3 is 2.95 bits per heavy atom. The van der Waals surface area contributed by atoms with Gasteiger partial charge in [-0.3, -0.25) is 0 Å². The van der Waals surface area contributed by atoms with Crippen molar-refractivity contribution in [3.05, 3.63) is 39.6 Å². The molecule has 0 spiro atoms. The van der Waals surface area contributed by atoms with Crippen LogP contribution in [-0.4, -0.2) is 16.1 Å². The molecule has 0 aliphatic heterocycles. The van der Waals surface area contributed by atoms with E-state index >= 15 is 0 Å². The Bertz CT molecular complexity index is 547. The van der Waals surface area contributed by atoms with Gasteiger partial charge in [0.2, 0.25) is 0 Å². The highest BCUT2D eigenvalue weighted by Crippen LogP contribution is 2.33. The van der Waals surface area contributed by atoms with Gasteiger partial charge in [0.15, 0.2) is 0 Å². The van der Waals surface area contributed by atoms with Gasteiger partial charge in [-0.05, 0) is 43.9 Å². The summed E-state index contributed by atoms with van der Waals surface area (Å²) in [7, 11) is 2.07. The van der Waals surface area contributed by atoms with Crippen molar-refractivity contribution in [2.45, 2.75) is 45.1 Å². The van der Waals surface area contributed by atoms with Crippen LogP contribution in [0.15, 0.2) is 18.5 Å². The number of nitrogens with one attached hydrogen (secondary N) is 1. The third-order valence-corrected chi connectivity index (χ3v) is 5.47. The zero-order valence-corrected chi connectivity index (χ0v) is 13.2. The lowest BCUT2D eigenvalue weighted by molar-refractivity contribution is 0.536. The number of imidazole rings is 1. The highest BCUT2D eigenvalue weighted by Gasteiger charge is 2.20. The first kappa shape index (κ1) is 13.8. The van der Waals surface area contributed by atoms with E-state index in [-0.39, 0.29) is 0 Å². The summed E-state index contributed by atoms with van der Waals surface area (Å²) >= 11 is 2.01. The van der Waals surface area contributed by atoms with Gasteiger partial charge in [0.05, 0.1) is 0 Å². The number of fused-ring (bicyclic) bond motifs is 1. The maximum Gasteiger partial charge on any atom is 0.110 e. The quantitative estimate of drug-likeness (QED) is 0.915. The third-order valence-electron chi connectivity index (χ3n) is 4.12. The normalized spacial score (nSPS) is 16.1. The second kappa shape index (κ2) is 6.10. The maximum absolute atomic E-state index is 4.47. The molecule has 2 aromatic rings. The van der Waals surface area contributed by atoms with Crippen LogP contribution in [0.3, 0.4) is 0 Å². The van der Waals surface area contributed by atoms with Crippen LogP contribution in [0.4, 0.5) is 0 Å². The smallest absolute Gasteiger partial charge is 0.110 e. The van der Waals surface area contributed by atoms with E-state index in [0.717, 1.165) is 18.8 Å². The second-order valence-electron chi connectivity index (χ2n) is 5.57. The van der Waals surface area contributed by atoms with Gasteiger partial charge in [-0.2, -0.15) is 0 Å². The van der Waals surface area contributed by atoms with Crippen molar-refractivity contribution in [3.63, 3.8) is 0 Å². The first-order valence-corrected chi connectivity index (χ1v) is 8.40. The molecule has 1 aliphatic carbocycles. The predicted octanol–water partition coefficient (Wildman–Crippen LogP) is 3.25. The molecule has 0 fully saturated rings. The fraction of sp³-hybridized carbons (Fsp3) is 0.562. The minimum absolute atomic E-state index is 0.400. The van der Waals surface area contributed by atoms with Gasteiger partial charge in [-0.1, -0.05) is 6.92 Å². The molecule has 1 aliphatic rings. The molecule has 20 heavy (non-hydrogen) atoms. The van der Waals surface area contributed by atoms with E-state index in [1.807, 2.05) is 23.7 Å². The first-order chi connectivity index (χ1) is 9.78. The molecule has 108 valence electrons. The molecule has 0 aromatic carbocycles. The molecule has 1 unspecified atom stereocenters. The summed E-state index contributed by atoms with van der Waals surface area (Å²) in [4.78, 5) is 7.58. The van der Waals surface area contributed by atoms with Gasteiger partial charge in [-0.15, -0.1) is 11.3 Å². The van der Waals surface area contributed by atoms with Gasteiger partial charge in [0.1, 0.15) is 5.82 Å². The monoisotopic (exact) mass is 289 g/mol. The molecule has 0 saturated carbocycles. The Morgan fingerprint density at radius 2 is 2.25 bits per heavy atom. The number of hydrogen-bond donors (Lipinski definition) is 1. The highest BCUT2D eigenvalue weighted by atomic mass is 32.1. The molecule has 2 heterocycles. The van der Waals surface area contributed by atoms with Crippen LogP contribution in [0.5, 0.6) is 0 Å². The zero-order chi connectivity index (χ0) is 13.9. The van der Waals surface area contributed by atoms with Crippen LogP contribution in [0.25, 0.3) is 0 Å². The average Bonchev–Trinajstić information content (AvgIpc) is 3.04. The summed E-state index contributed by atoms with van der Waals surface area (Å²) in [5.74, 6) is 1.15. The van der Waals surface area contributed by atoms with E-state index in [2.05, 4.69) is 34.9 Å². The van der Waals surface area contributed by atoms with Crippen molar-refractivity contribution >= 4 is 11.3 Å². The topological polar surface area (TPSA) is 29.9 Å². The van der Waals surface area contributed by atoms with Gasteiger partial charge >= 0.3 is 0 Å². The molecule has 4 heteroatoms. The largest absolute Gasteiger partial charge is 0.338 e. The van der Waals surface area contributed by atoms with Crippen molar-refractivity contribution in [3.8, 4) is 0 Å². The lowest BCUT2D eigenvalue weighted by Gasteiger charge is -2.16. The lowest BCUT2D eigenvalue weighted by atomic mass is 9.98. The van der Waals surface area contributed by atoms with E-state index in [1.165, 1.54) is 30.6 Å². The van der Waals surface area contributed by atoms with Gasteiger partial charge < -0.3 is 9.88 Å². The minimum Gasteiger partial charge on any atom is -0.338 e. The SMILES string of the molecule is CCNC(Cc1nccn1C)c1cc2c(s1)CCCC2. The average molecular weight is 289 g/mol. The lowest BCUT2D eigenvalue weighted by Crippen LogP contribution is -2.23. The van der Waals surface area contributed by atoms with Crippen molar-refractivity contribution in [1.29, 1.82) is 0 Å². The summed E-state index contributed by atoms with van der Waals surface area (Å²) in [6.07, 6.45) is 10.1. The number of nitrogens with zero attached hydrogens (tertiary/aromatic N) is 2. The van der Waals surface area contributed by atoms with Crippen LogP contribution in [0.1, 0.15) is 46.9 Å². The van der Waals surface area contributed by atoms with Crippen LogP contribution in [-0.2, 0) is 26.3 Å². The predicted molar refractivity (Wildman–Crippen MR) is 84.3 cm³/mol. The van der Waals surface area contributed by atoms with Crippen LogP contribution in [0, 0.1) is 0 Å². The molecule has 3 rings (SSSR count). The zero-order valence-electron chi connectivity index (χ0n) is 12.4. The second-order valence-corrected chi connectivity index (χ2v) is 6.74. The fourth-order valence-corrected chi connectivity index (χ4v) is 4.31. The number of rotatable bonds is 5. The van der Waals surface area contributed by atoms with Crippen molar-refractivity contribution in [2.75, 3.05) is 6.54 Å². The summed E-state index contributed by atoms with van der Waals surface area (Å²) in [5.41, 5.74) is 1.60. The van der Waals surface area contributed by atoms with E-state index in [9.17, 15) is 0 Å². The minimum atomic E-state index is 0.400. The summed E-state index contributed by atoms with van der Waals surface area (Å²) in [6, 6.07) is 2.84. The number of aromatic nitrogens is 2. The van der Waals surface area contributed by atoms with Gasteiger partial charge in [0, 0.05) is 41.7 Å². The molecular weight excluding hydrogens is 266 g/mol. The van der Waals surface area contributed by atoms with Crippen molar-refractivity contribution in [2.24, 2.45) is 7.05 Å². The molecule has 1 atom stereocenters. The van der Waals surface area contributed by atoms with Crippen LogP contribution < -0.4 is 5.32 Å². The first-order valence-electron chi connectivity index (χ1n) is 7.59. The Balaban J connectivity index is 1.82. The Morgan fingerprint density at radius 1 is 1.40 bits per heavy atom. The Labute approximate surface area is 125 Å². The number of thiophene rings is 1. The maximum atomic E-state index is 4.47. The van der Waals surface area contributed by atoms with Crippen molar-refractivity contribution in [1.82, 2.24) is 14.9 Å². The van der Waals surface area contributed by atoms with E-state index in [4.69, 9.17) is 0 Å². The summed E-state index contributed by atoms with van der Waals surface area (Å²) < 4.78 is 2.12. The summed E-state index contributed by atoms with van der Waals surface area (Å²) in [6.45, 7) is 3.18. The molecule has 0 radical (unpaired) electrons. The molecule has 2 aromatic heterocycles. The molecule has 1 N–H and O–H groups in total. The number of likely N-dealkylation sites (N-methyl/N-ethyl adjacent to an activating group) is 1. The van der Waals surface area contributed by atoms with Crippen LogP contribution >= 0.6 is 11.3 Å². The number of hydrogen-bond acceptors (Lipinski definition) is 3. The fourth-order valence-electron chi connectivity index (χ4n) is 2.98. The van der Waals surface area contributed by atoms with E-state index in [0.29, 0.717) is 6.04 Å². The molecular formula is C16H23N3S. The van der Waals surface area contributed by atoms with Crippen molar-refractivity contribution < 1.29 is 0 Å². The Kier molecular flexibility index (Phi) is 4.22. The highest BCUT2D eigenvalue weighted by molar-refractivity contribution is 7.12. The molecule has 0 bridgehead atoms. The standard InChI is InChI=1S/C16H23N3S/c1-3-17-13(11-16-18-8-9-19(16)2)15-10-12-6-4-5-7-14(12)20-15/h8-10,13,17H,3-7,11H2,1-2H3. The third kappa shape index (κ3) is 2.81. The van der Waals surface area contributed by atoms with Gasteiger partial charge in [-0.25, -0.2) is 4.98 Å². The van der Waals surface area contributed by atoms with Gasteiger partial charge in [0.25, 0.3) is 0 Å². The van der Waals surface area contributed by atoms with Crippen LogP contribution in [0.2, 0.25) is 0 Å². The molecule has 0 saturated heterocycles. The molecule has 0 amide bonds. The molecule has 3 nitrogen and oxygen atoms in total. The summed E-state index contributed by atoms with van der Waals surface area (Å²) in [5, 5.41) is 3.63. The Hall–Kier alpha value is -1.13. The number of aryl methyl sites for hydroxylation is 3. The van der Waals surface area contributed by atoms with E-state index < -0.39 is 0 Å².